The molecule has 0 spiro atoms. The Kier molecular flexibility index (Phi) is 10.8. The van der Waals surface area contributed by atoms with Gasteiger partial charge in [0.25, 0.3) is 5.91 Å². The Bertz CT molecular complexity index is 1280. The molecule has 1 aliphatic heterocycles. The largest absolute Gasteiger partial charge is 0.382 e. The number of carbonyl (C=O) groups is 2. The molecular formula is C32H39ClN4O3. The molecule has 40 heavy (non-hydrogen) atoms. The summed E-state index contributed by atoms with van der Waals surface area (Å²) in [4.78, 5) is 28.3. The molecule has 3 aromatic rings. The van der Waals surface area contributed by atoms with Gasteiger partial charge >= 0.3 is 6.03 Å². The Morgan fingerprint density at radius 3 is 2.38 bits per heavy atom. The van der Waals surface area contributed by atoms with Crippen LogP contribution in [-0.2, 0) is 11.2 Å². The van der Waals surface area contributed by atoms with Crippen LogP contribution < -0.4 is 20.9 Å². The molecule has 1 aliphatic rings. The Morgan fingerprint density at radius 2 is 1.68 bits per heavy atom. The molecule has 3 N–H and O–H groups in total. The first-order valence-corrected chi connectivity index (χ1v) is 14.4. The van der Waals surface area contributed by atoms with Crippen molar-refractivity contribution in [1.29, 1.82) is 0 Å². The molecule has 0 bridgehead atoms. The molecule has 0 aromatic heterocycles. The summed E-state index contributed by atoms with van der Waals surface area (Å²) < 4.78 is 5.40. The minimum Gasteiger partial charge on any atom is -0.382 e. The number of aryl methyl sites for hydroxylation is 1. The van der Waals surface area contributed by atoms with Gasteiger partial charge in [-0.15, -0.1) is 0 Å². The van der Waals surface area contributed by atoms with Gasteiger partial charge in [0, 0.05) is 54.9 Å². The van der Waals surface area contributed by atoms with Crippen LogP contribution in [0.5, 0.6) is 0 Å². The first-order valence-electron chi connectivity index (χ1n) is 14.1. The zero-order valence-electron chi connectivity index (χ0n) is 23.3. The van der Waals surface area contributed by atoms with Crippen molar-refractivity contribution in [3.63, 3.8) is 0 Å². The van der Waals surface area contributed by atoms with Crippen LogP contribution in [0.15, 0.2) is 66.7 Å². The minimum absolute atomic E-state index is 0.160. The van der Waals surface area contributed by atoms with E-state index >= 15 is 0 Å². The van der Waals surface area contributed by atoms with Gasteiger partial charge in [0.2, 0.25) is 0 Å². The van der Waals surface area contributed by atoms with E-state index in [1.54, 1.807) is 18.2 Å². The second-order valence-corrected chi connectivity index (χ2v) is 10.6. The topological polar surface area (TPSA) is 82.7 Å². The second kappa shape index (κ2) is 14.7. The van der Waals surface area contributed by atoms with Gasteiger partial charge in [-0.05, 0) is 86.9 Å². The molecule has 1 heterocycles. The Balaban J connectivity index is 1.44. The summed E-state index contributed by atoms with van der Waals surface area (Å²) in [5.41, 5.74) is 4.87. The third kappa shape index (κ3) is 8.47. The predicted molar refractivity (Wildman–Crippen MR) is 164 cm³/mol. The normalized spacial score (nSPS) is 13.6. The van der Waals surface area contributed by atoms with Gasteiger partial charge in [0.05, 0.1) is 5.56 Å². The third-order valence-corrected chi connectivity index (χ3v) is 7.61. The number of amides is 3. The number of carbonyl (C=O) groups excluding carboxylic acids is 2. The zero-order valence-corrected chi connectivity index (χ0v) is 24.1. The van der Waals surface area contributed by atoms with Crippen molar-refractivity contribution >= 4 is 40.6 Å². The number of nitrogens with zero attached hydrogens (tertiary/aromatic N) is 1. The van der Waals surface area contributed by atoms with Gasteiger partial charge in [-0.3, -0.25) is 4.79 Å². The minimum atomic E-state index is -0.405. The molecule has 8 heteroatoms. The van der Waals surface area contributed by atoms with Crippen LogP contribution >= 0.6 is 11.6 Å². The van der Waals surface area contributed by atoms with Crippen LogP contribution in [0, 0.1) is 12.8 Å². The van der Waals surface area contributed by atoms with Crippen molar-refractivity contribution in [3.05, 3.63) is 88.4 Å². The summed E-state index contributed by atoms with van der Waals surface area (Å²) >= 11 is 6.19. The fraction of sp³-hybridized carbons (Fsp3) is 0.375. The van der Waals surface area contributed by atoms with Crippen LogP contribution in [0.4, 0.5) is 21.9 Å². The maximum atomic E-state index is 13.3. The molecule has 7 nitrogen and oxygen atoms in total. The average molecular weight is 563 g/mol. The van der Waals surface area contributed by atoms with Gasteiger partial charge in [-0.1, -0.05) is 48.0 Å². The average Bonchev–Trinajstić information content (AvgIpc) is 2.96. The van der Waals surface area contributed by atoms with E-state index in [2.05, 4.69) is 51.2 Å². The number of ether oxygens (including phenoxy) is 1. The maximum Gasteiger partial charge on any atom is 0.323 e. The molecule has 0 atom stereocenters. The number of nitrogens with one attached hydrogen (secondary N) is 3. The molecule has 0 radical (unpaired) electrons. The van der Waals surface area contributed by atoms with E-state index in [1.807, 2.05) is 32.0 Å². The van der Waals surface area contributed by atoms with E-state index in [1.165, 1.54) is 5.56 Å². The number of hydrogen-bond acceptors (Lipinski definition) is 4. The van der Waals surface area contributed by atoms with Crippen molar-refractivity contribution < 1.29 is 14.3 Å². The SMILES string of the molecule is CCOCCCNC(=O)c1cc(NC(=O)Nc2ccc(C)c(Cl)c2)ccc1N1CCC(Cc2ccccc2)CC1. The number of piperidine rings is 1. The summed E-state index contributed by atoms with van der Waals surface area (Å²) in [7, 11) is 0. The molecule has 1 fully saturated rings. The highest BCUT2D eigenvalue weighted by Crippen LogP contribution is 2.30. The van der Waals surface area contributed by atoms with Crippen LogP contribution in [0.3, 0.4) is 0 Å². The maximum absolute atomic E-state index is 13.3. The number of anilines is 3. The highest BCUT2D eigenvalue weighted by atomic mass is 35.5. The van der Waals surface area contributed by atoms with Gasteiger partial charge in [-0.25, -0.2) is 4.79 Å². The van der Waals surface area contributed by atoms with Gasteiger partial charge in [0.1, 0.15) is 0 Å². The quantitative estimate of drug-likeness (QED) is 0.222. The molecule has 0 aliphatic carbocycles. The van der Waals surface area contributed by atoms with Crippen molar-refractivity contribution in [2.45, 2.75) is 39.5 Å². The van der Waals surface area contributed by atoms with Gasteiger partial charge in [0.15, 0.2) is 0 Å². The Hall–Kier alpha value is -3.55. The van der Waals surface area contributed by atoms with Gasteiger partial charge < -0.3 is 25.6 Å². The smallest absolute Gasteiger partial charge is 0.323 e. The highest BCUT2D eigenvalue weighted by Gasteiger charge is 2.24. The summed E-state index contributed by atoms with van der Waals surface area (Å²) in [5.74, 6) is 0.460. The lowest BCUT2D eigenvalue weighted by atomic mass is 9.89. The number of urea groups is 1. The van der Waals surface area contributed by atoms with E-state index in [0.717, 1.165) is 50.0 Å². The Labute approximate surface area is 242 Å². The van der Waals surface area contributed by atoms with E-state index in [4.69, 9.17) is 16.3 Å². The van der Waals surface area contributed by atoms with E-state index in [0.29, 0.717) is 47.6 Å². The van der Waals surface area contributed by atoms with Crippen LogP contribution in [0.2, 0.25) is 5.02 Å². The van der Waals surface area contributed by atoms with Crippen LogP contribution in [-0.4, -0.2) is 44.8 Å². The van der Waals surface area contributed by atoms with Gasteiger partial charge in [-0.2, -0.15) is 0 Å². The molecule has 4 rings (SSSR count). The zero-order chi connectivity index (χ0) is 28.3. The lowest BCUT2D eigenvalue weighted by Crippen LogP contribution is -2.36. The predicted octanol–water partition coefficient (Wildman–Crippen LogP) is 6.91. The molecule has 1 saturated heterocycles. The van der Waals surface area contributed by atoms with E-state index < -0.39 is 6.03 Å². The fourth-order valence-electron chi connectivity index (χ4n) is 4.98. The van der Waals surface area contributed by atoms with E-state index in [9.17, 15) is 9.59 Å². The van der Waals surface area contributed by atoms with Crippen molar-refractivity contribution in [2.75, 3.05) is 48.4 Å². The summed E-state index contributed by atoms with van der Waals surface area (Å²) in [6, 6.07) is 21.1. The lowest BCUT2D eigenvalue weighted by Gasteiger charge is -2.35. The molecule has 212 valence electrons. The fourth-order valence-corrected chi connectivity index (χ4v) is 5.16. The molecule has 0 unspecified atom stereocenters. The number of halogens is 1. The number of hydrogen-bond donors (Lipinski definition) is 3. The number of benzene rings is 3. The molecule has 3 amide bonds. The molecule has 3 aromatic carbocycles. The highest BCUT2D eigenvalue weighted by molar-refractivity contribution is 6.31. The van der Waals surface area contributed by atoms with Crippen molar-refractivity contribution in [2.24, 2.45) is 5.92 Å². The third-order valence-electron chi connectivity index (χ3n) is 7.21. The van der Waals surface area contributed by atoms with Crippen molar-refractivity contribution in [1.82, 2.24) is 5.32 Å². The van der Waals surface area contributed by atoms with E-state index in [-0.39, 0.29) is 5.91 Å². The van der Waals surface area contributed by atoms with Crippen LogP contribution in [0.1, 0.15) is 47.7 Å². The Morgan fingerprint density at radius 1 is 0.975 bits per heavy atom. The number of rotatable bonds is 11. The molecular weight excluding hydrogens is 524 g/mol. The summed E-state index contributed by atoms with van der Waals surface area (Å²) in [5, 5.41) is 9.26. The van der Waals surface area contributed by atoms with Crippen LogP contribution in [0.25, 0.3) is 0 Å². The first-order chi connectivity index (χ1) is 19.4. The summed E-state index contributed by atoms with van der Waals surface area (Å²) in [6.45, 7) is 7.39. The standard InChI is InChI=1S/C32H39ClN4O3/c1-3-40-19-7-16-34-31(38)28-21-26(35-32(39)36-27-11-10-23(2)29(33)22-27)12-13-30(28)37-17-14-25(15-18-37)20-24-8-5-4-6-9-24/h4-6,8-13,21-22,25H,3,7,14-20H2,1-2H3,(H,34,38)(H2,35,36,39). The first kappa shape index (κ1) is 29.4. The molecule has 0 saturated carbocycles. The van der Waals surface area contributed by atoms with Crippen molar-refractivity contribution in [3.8, 4) is 0 Å². The summed E-state index contributed by atoms with van der Waals surface area (Å²) in [6.07, 6.45) is 3.93. The lowest BCUT2D eigenvalue weighted by molar-refractivity contribution is 0.0944. The second-order valence-electron chi connectivity index (χ2n) is 10.2. The monoisotopic (exact) mass is 562 g/mol.